The van der Waals surface area contributed by atoms with Gasteiger partial charge in [0.15, 0.2) is 12.3 Å². The topological polar surface area (TPSA) is 93.8 Å². The molecule has 0 radical (unpaired) electrons. The Morgan fingerprint density at radius 2 is 2.04 bits per heavy atom. The molecule has 0 amide bonds. The Hall–Kier alpha value is -1.09. The minimum atomic E-state index is -1.27. The Morgan fingerprint density at radius 3 is 2.68 bits per heavy atom. The third kappa shape index (κ3) is 4.10. The minimum Gasteiger partial charge on any atom is -0.457 e. The average Bonchev–Trinajstić information content (AvgIpc) is 3.09. The number of esters is 1. The lowest BCUT2D eigenvalue weighted by atomic mass is 10.0. The number of carbonyl (C=O) groups is 1. The highest BCUT2D eigenvalue weighted by Crippen LogP contribution is 2.39. The molecular weight excluding hydrogens is 431 g/mol. The fraction of sp³-hybridized carbons (Fsp3) is 0.556. The number of fused-ring (bicyclic) bond motifs is 1. The second-order valence-electron chi connectivity index (χ2n) is 6.77. The van der Waals surface area contributed by atoms with Crippen molar-refractivity contribution >= 4 is 51.8 Å². The monoisotopic (exact) mass is 450 g/mol. The molecule has 1 aliphatic heterocycles. The lowest BCUT2D eigenvalue weighted by molar-refractivity contribution is -0.156. The van der Waals surface area contributed by atoms with E-state index in [1.165, 1.54) is 11.5 Å². The van der Waals surface area contributed by atoms with Crippen LogP contribution in [0.25, 0.3) is 11.0 Å². The maximum absolute atomic E-state index is 11.5. The number of ether oxygens (including phenoxy) is 2. The van der Waals surface area contributed by atoms with Crippen LogP contribution in [0.1, 0.15) is 39.3 Å². The summed E-state index contributed by atoms with van der Waals surface area (Å²) in [5, 5.41) is 22.0. The van der Waals surface area contributed by atoms with Gasteiger partial charge in [-0.3, -0.25) is 9.36 Å². The van der Waals surface area contributed by atoms with Gasteiger partial charge in [-0.2, -0.15) is 0 Å². The fourth-order valence-electron chi connectivity index (χ4n) is 3.41. The van der Waals surface area contributed by atoms with E-state index in [0.717, 1.165) is 12.8 Å². The fourth-order valence-corrected chi connectivity index (χ4v) is 4.00. The Morgan fingerprint density at radius 1 is 1.36 bits per heavy atom. The third-order valence-electron chi connectivity index (χ3n) is 4.73. The molecule has 2 aromatic rings. The maximum atomic E-state index is 11.5. The van der Waals surface area contributed by atoms with Gasteiger partial charge in [0.25, 0.3) is 0 Å². The summed E-state index contributed by atoms with van der Waals surface area (Å²) >= 11 is 18.4. The highest BCUT2D eigenvalue weighted by Gasteiger charge is 2.50. The molecule has 5 atom stereocenters. The van der Waals surface area contributed by atoms with Crippen LogP contribution < -0.4 is 0 Å². The summed E-state index contributed by atoms with van der Waals surface area (Å²) in [7, 11) is 0. The molecule has 0 bridgehead atoms. The molecule has 1 aromatic heterocycles. The first kappa shape index (κ1) is 21.6. The normalized spacial score (nSPS) is 26.0. The molecule has 1 unspecified atom stereocenters. The number of imidazole rings is 1. The lowest BCUT2D eigenvalue weighted by Gasteiger charge is -2.23. The number of nitrogens with zero attached hydrogens (tertiary/aromatic N) is 2. The maximum Gasteiger partial charge on any atom is 0.303 e. The van der Waals surface area contributed by atoms with Crippen molar-refractivity contribution in [2.24, 2.45) is 0 Å². The molecule has 1 aliphatic rings. The molecule has 2 heterocycles. The Bertz CT molecular complexity index is 875. The average molecular weight is 452 g/mol. The first-order valence-electron chi connectivity index (χ1n) is 8.95. The first-order chi connectivity index (χ1) is 13.2. The van der Waals surface area contributed by atoms with Crippen LogP contribution in [-0.4, -0.2) is 50.1 Å². The van der Waals surface area contributed by atoms with E-state index in [-0.39, 0.29) is 10.3 Å². The zero-order valence-corrected chi connectivity index (χ0v) is 17.6. The summed E-state index contributed by atoms with van der Waals surface area (Å²) in [6, 6.07) is 3.12. The summed E-state index contributed by atoms with van der Waals surface area (Å²) in [5.74, 6) is -0.586. The quantitative estimate of drug-likeness (QED) is 0.650. The smallest absolute Gasteiger partial charge is 0.303 e. The molecule has 0 aliphatic carbocycles. The highest BCUT2D eigenvalue weighted by atomic mass is 35.5. The van der Waals surface area contributed by atoms with Crippen molar-refractivity contribution < 1.29 is 24.5 Å². The van der Waals surface area contributed by atoms with Crippen LogP contribution >= 0.6 is 34.8 Å². The predicted molar refractivity (Wildman–Crippen MR) is 106 cm³/mol. The molecule has 2 N–H and O–H groups in total. The molecule has 3 rings (SSSR count). The van der Waals surface area contributed by atoms with E-state index in [0.29, 0.717) is 22.5 Å². The van der Waals surface area contributed by atoms with Crippen LogP contribution in [0, 0.1) is 0 Å². The van der Waals surface area contributed by atoms with Gasteiger partial charge in [0.05, 0.1) is 27.2 Å². The van der Waals surface area contributed by atoms with Crippen LogP contribution in [0.2, 0.25) is 15.3 Å². The number of aromatic nitrogens is 2. The second-order valence-corrected chi connectivity index (χ2v) is 7.92. The van der Waals surface area contributed by atoms with Gasteiger partial charge in [-0.1, -0.05) is 43.0 Å². The van der Waals surface area contributed by atoms with E-state index in [4.69, 9.17) is 44.3 Å². The number of aliphatic hydroxyl groups excluding tert-OH is 2. The molecule has 7 nitrogen and oxygen atoms in total. The molecule has 28 heavy (non-hydrogen) atoms. The number of hydrogen-bond acceptors (Lipinski definition) is 6. The van der Waals surface area contributed by atoms with Crippen molar-refractivity contribution in [2.75, 3.05) is 0 Å². The summed E-state index contributed by atoms with van der Waals surface area (Å²) < 4.78 is 12.6. The largest absolute Gasteiger partial charge is 0.457 e. The van der Waals surface area contributed by atoms with Crippen molar-refractivity contribution in [3.05, 3.63) is 27.5 Å². The number of hydrogen-bond donors (Lipinski definition) is 2. The Balaban J connectivity index is 2.00. The van der Waals surface area contributed by atoms with Crippen LogP contribution in [0.4, 0.5) is 0 Å². The van der Waals surface area contributed by atoms with E-state index < -0.39 is 36.6 Å². The summed E-state index contributed by atoms with van der Waals surface area (Å²) in [6.45, 7) is 3.23. The summed E-state index contributed by atoms with van der Waals surface area (Å²) in [5.41, 5.74) is 0.961. The molecule has 0 saturated carbocycles. The van der Waals surface area contributed by atoms with Crippen LogP contribution in [-0.2, 0) is 14.3 Å². The number of carbonyl (C=O) groups excluding carboxylic acids is 1. The zero-order valence-electron chi connectivity index (χ0n) is 15.3. The number of unbranched alkanes of at least 4 members (excludes halogenated alkanes) is 1. The van der Waals surface area contributed by atoms with Crippen molar-refractivity contribution in [3.63, 3.8) is 0 Å². The van der Waals surface area contributed by atoms with Gasteiger partial charge in [-0.05, 0) is 30.2 Å². The van der Waals surface area contributed by atoms with E-state index in [2.05, 4.69) is 4.98 Å². The SMILES string of the molecule is CCCCC(O)[C@H]1O[C@@H](n2c(Cl)nc3cc(Cl)c(Cl)cc32)[C@H](O)[C@@H]1OC(C)=O. The molecule has 0 spiro atoms. The van der Waals surface area contributed by atoms with Gasteiger partial charge in [-0.25, -0.2) is 4.98 Å². The number of halogens is 3. The summed E-state index contributed by atoms with van der Waals surface area (Å²) in [6.07, 6.45) is -3.09. The van der Waals surface area contributed by atoms with Crippen molar-refractivity contribution in [1.82, 2.24) is 9.55 Å². The number of aliphatic hydroxyl groups is 2. The second kappa shape index (κ2) is 8.73. The number of rotatable bonds is 6. The molecule has 1 aromatic carbocycles. The Kier molecular flexibility index (Phi) is 6.74. The van der Waals surface area contributed by atoms with Gasteiger partial charge < -0.3 is 19.7 Å². The van der Waals surface area contributed by atoms with Crippen LogP contribution in [0.15, 0.2) is 12.1 Å². The van der Waals surface area contributed by atoms with E-state index in [1.54, 1.807) is 12.1 Å². The molecule has 1 saturated heterocycles. The lowest BCUT2D eigenvalue weighted by Crippen LogP contribution is -2.41. The van der Waals surface area contributed by atoms with Crippen molar-refractivity contribution in [3.8, 4) is 0 Å². The molecule has 10 heteroatoms. The van der Waals surface area contributed by atoms with Gasteiger partial charge in [-0.15, -0.1) is 0 Å². The number of benzene rings is 1. The van der Waals surface area contributed by atoms with Crippen molar-refractivity contribution in [2.45, 2.75) is 63.8 Å². The van der Waals surface area contributed by atoms with Gasteiger partial charge in [0.1, 0.15) is 12.2 Å². The Labute approximate surface area is 177 Å². The minimum absolute atomic E-state index is 0.0441. The molecular formula is C18H21Cl3N2O5. The standard InChI is InChI=1S/C18H21Cl3N2O5/c1-3-4-5-13(25)15-16(27-8(2)24)14(26)17(28-15)23-12-7-10(20)9(19)6-11(12)22-18(23)21/h6-7,13-17,25-26H,3-5H2,1-2H3/t13?,14-,15-,16+,17-/m1/s1. The van der Waals surface area contributed by atoms with E-state index >= 15 is 0 Å². The van der Waals surface area contributed by atoms with E-state index in [1.807, 2.05) is 6.92 Å². The highest BCUT2D eigenvalue weighted by molar-refractivity contribution is 6.42. The van der Waals surface area contributed by atoms with Gasteiger partial charge in [0.2, 0.25) is 5.28 Å². The third-order valence-corrected chi connectivity index (χ3v) is 5.72. The van der Waals surface area contributed by atoms with Gasteiger partial charge >= 0.3 is 5.97 Å². The van der Waals surface area contributed by atoms with Crippen molar-refractivity contribution in [1.29, 1.82) is 0 Å². The van der Waals surface area contributed by atoms with Gasteiger partial charge in [0, 0.05) is 6.92 Å². The zero-order chi connectivity index (χ0) is 20.6. The predicted octanol–water partition coefficient (Wildman–Crippen LogP) is 3.74. The first-order valence-corrected chi connectivity index (χ1v) is 10.1. The van der Waals surface area contributed by atoms with E-state index in [9.17, 15) is 15.0 Å². The molecule has 1 fully saturated rings. The van der Waals surface area contributed by atoms with Crippen LogP contribution in [0.5, 0.6) is 0 Å². The summed E-state index contributed by atoms with van der Waals surface area (Å²) in [4.78, 5) is 15.8. The molecule has 154 valence electrons. The van der Waals surface area contributed by atoms with Crippen LogP contribution in [0.3, 0.4) is 0 Å².